The Morgan fingerprint density at radius 2 is 1.59 bits per heavy atom. The molecule has 0 saturated carbocycles. The molecular weight excluding hydrogens is 340 g/mol. The van der Waals surface area contributed by atoms with Gasteiger partial charge >= 0.3 is 0 Å². The average molecular weight is 355 g/mol. The first kappa shape index (κ1) is 14.7. The zero-order valence-corrected chi connectivity index (χ0v) is 13.9. The molecular formula is C17H15BrN4. The first-order valence-corrected chi connectivity index (χ1v) is 7.73. The maximum atomic E-state index is 4.56. The van der Waals surface area contributed by atoms with Crippen molar-refractivity contribution in [3.8, 4) is 5.69 Å². The molecule has 0 unspecified atom stereocenters. The van der Waals surface area contributed by atoms with Gasteiger partial charge in [-0.25, -0.2) is 4.68 Å². The molecule has 0 atom stereocenters. The minimum atomic E-state index is 0.812. The van der Waals surface area contributed by atoms with E-state index in [-0.39, 0.29) is 0 Å². The highest BCUT2D eigenvalue weighted by molar-refractivity contribution is 9.10. The maximum absolute atomic E-state index is 4.56. The number of para-hydroxylation sites is 1. The van der Waals surface area contributed by atoms with Crippen molar-refractivity contribution in [1.29, 1.82) is 0 Å². The number of aromatic nitrogens is 2. The maximum Gasteiger partial charge on any atom is 0.130 e. The number of hydrogen-bond donors (Lipinski definition) is 0. The molecule has 1 aromatic heterocycles. The van der Waals surface area contributed by atoms with Crippen LogP contribution >= 0.6 is 15.9 Å². The van der Waals surface area contributed by atoms with Crippen molar-refractivity contribution in [3.63, 3.8) is 0 Å². The Balaban J connectivity index is 1.95. The largest absolute Gasteiger partial charge is 0.236 e. The van der Waals surface area contributed by atoms with Gasteiger partial charge < -0.3 is 0 Å². The third-order valence-corrected chi connectivity index (χ3v) is 3.87. The first-order valence-electron chi connectivity index (χ1n) is 6.94. The van der Waals surface area contributed by atoms with Crippen molar-refractivity contribution in [2.45, 2.75) is 13.8 Å². The van der Waals surface area contributed by atoms with Crippen LogP contribution in [-0.4, -0.2) is 9.78 Å². The van der Waals surface area contributed by atoms with Crippen molar-refractivity contribution in [2.75, 3.05) is 0 Å². The Morgan fingerprint density at radius 3 is 2.27 bits per heavy atom. The Morgan fingerprint density at radius 1 is 0.909 bits per heavy atom. The zero-order valence-electron chi connectivity index (χ0n) is 12.4. The summed E-state index contributed by atoms with van der Waals surface area (Å²) < 4.78 is 2.92. The lowest BCUT2D eigenvalue weighted by Crippen LogP contribution is -1.98. The Hall–Kier alpha value is -2.27. The summed E-state index contributed by atoms with van der Waals surface area (Å²) >= 11 is 3.41. The number of azo groups is 1. The summed E-state index contributed by atoms with van der Waals surface area (Å²) in [5.41, 5.74) is 4.49. The smallest absolute Gasteiger partial charge is 0.130 e. The molecule has 0 radical (unpaired) electrons. The van der Waals surface area contributed by atoms with Crippen LogP contribution in [0.2, 0.25) is 0 Å². The minimum absolute atomic E-state index is 0.812. The second-order valence-electron chi connectivity index (χ2n) is 4.94. The van der Waals surface area contributed by atoms with Crippen molar-refractivity contribution in [3.05, 3.63) is 70.5 Å². The fraction of sp³-hybridized carbons (Fsp3) is 0.118. The number of nitrogens with zero attached hydrogens (tertiary/aromatic N) is 4. The van der Waals surface area contributed by atoms with E-state index in [9.17, 15) is 0 Å². The van der Waals surface area contributed by atoms with E-state index in [0.29, 0.717) is 0 Å². The van der Waals surface area contributed by atoms with E-state index in [1.807, 2.05) is 73.1 Å². The quantitative estimate of drug-likeness (QED) is 0.559. The molecule has 0 fully saturated rings. The molecule has 0 bridgehead atoms. The van der Waals surface area contributed by atoms with Gasteiger partial charge in [0.05, 0.1) is 22.8 Å². The fourth-order valence-corrected chi connectivity index (χ4v) is 2.48. The Bertz CT molecular complexity index is 805. The van der Waals surface area contributed by atoms with Crippen LogP contribution in [0.1, 0.15) is 11.4 Å². The predicted octanol–water partition coefficient (Wildman–Crippen LogP) is 5.67. The SMILES string of the molecule is Cc1nn(-c2ccccc2)c(C)c1N=Nc1ccc(Br)cc1. The highest BCUT2D eigenvalue weighted by atomic mass is 79.9. The van der Waals surface area contributed by atoms with E-state index in [4.69, 9.17) is 0 Å². The molecule has 5 heteroatoms. The molecule has 4 nitrogen and oxygen atoms in total. The molecule has 3 rings (SSSR count). The standard InChI is InChI=1S/C17H15BrN4/c1-12-17(20-19-15-10-8-14(18)9-11-15)13(2)22(21-12)16-6-4-3-5-7-16/h3-11H,1-2H3. The van der Waals surface area contributed by atoms with Crippen molar-refractivity contribution < 1.29 is 0 Å². The highest BCUT2D eigenvalue weighted by Gasteiger charge is 2.12. The van der Waals surface area contributed by atoms with Crippen LogP contribution in [0.4, 0.5) is 11.4 Å². The minimum Gasteiger partial charge on any atom is -0.236 e. The molecule has 0 saturated heterocycles. The van der Waals surface area contributed by atoms with Gasteiger partial charge in [-0.05, 0) is 50.2 Å². The number of benzene rings is 2. The number of halogens is 1. The van der Waals surface area contributed by atoms with Gasteiger partial charge in [0.1, 0.15) is 5.69 Å². The van der Waals surface area contributed by atoms with Gasteiger partial charge in [0.2, 0.25) is 0 Å². The summed E-state index contributed by atoms with van der Waals surface area (Å²) in [6, 6.07) is 17.7. The van der Waals surface area contributed by atoms with Crippen molar-refractivity contribution in [1.82, 2.24) is 9.78 Å². The molecule has 0 N–H and O–H groups in total. The van der Waals surface area contributed by atoms with Gasteiger partial charge in [-0.1, -0.05) is 34.1 Å². The van der Waals surface area contributed by atoms with Crippen LogP contribution < -0.4 is 0 Å². The highest BCUT2D eigenvalue weighted by Crippen LogP contribution is 2.27. The van der Waals surface area contributed by atoms with E-state index in [2.05, 4.69) is 31.3 Å². The predicted molar refractivity (Wildman–Crippen MR) is 91.4 cm³/mol. The molecule has 3 aromatic rings. The summed E-state index contributed by atoms with van der Waals surface area (Å²) in [7, 11) is 0. The molecule has 0 aliphatic rings. The second-order valence-corrected chi connectivity index (χ2v) is 5.86. The monoisotopic (exact) mass is 354 g/mol. The molecule has 0 aliphatic heterocycles. The van der Waals surface area contributed by atoms with Crippen molar-refractivity contribution >= 4 is 27.3 Å². The molecule has 0 amide bonds. The van der Waals surface area contributed by atoms with Crippen LogP contribution in [-0.2, 0) is 0 Å². The van der Waals surface area contributed by atoms with E-state index in [1.165, 1.54) is 0 Å². The lowest BCUT2D eigenvalue weighted by atomic mass is 10.3. The fourth-order valence-electron chi connectivity index (χ4n) is 2.22. The van der Waals surface area contributed by atoms with E-state index in [0.717, 1.165) is 32.9 Å². The van der Waals surface area contributed by atoms with Crippen LogP contribution in [0.5, 0.6) is 0 Å². The molecule has 1 heterocycles. The van der Waals surface area contributed by atoms with Crippen LogP contribution in [0.15, 0.2) is 69.3 Å². The van der Waals surface area contributed by atoms with E-state index in [1.54, 1.807) is 0 Å². The third-order valence-electron chi connectivity index (χ3n) is 3.35. The topological polar surface area (TPSA) is 42.5 Å². The van der Waals surface area contributed by atoms with Gasteiger partial charge in [-0.15, -0.1) is 5.11 Å². The normalized spacial score (nSPS) is 11.2. The summed E-state index contributed by atoms with van der Waals surface area (Å²) in [6.45, 7) is 3.95. The summed E-state index contributed by atoms with van der Waals surface area (Å²) in [6.07, 6.45) is 0. The molecule has 110 valence electrons. The van der Waals surface area contributed by atoms with E-state index < -0.39 is 0 Å². The second kappa shape index (κ2) is 6.23. The summed E-state index contributed by atoms with van der Waals surface area (Å²) in [5.74, 6) is 0. The van der Waals surface area contributed by atoms with Gasteiger partial charge in [0.25, 0.3) is 0 Å². The Labute approximate surface area is 137 Å². The van der Waals surface area contributed by atoms with Gasteiger partial charge in [-0.2, -0.15) is 10.2 Å². The molecule has 22 heavy (non-hydrogen) atoms. The lowest BCUT2D eigenvalue weighted by molar-refractivity contribution is 0.833. The molecule has 0 aliphatic carbocycles. The molecule has 2 aromatic carbocycles. The van der Waals surface area contributed by atoms with Gasteiger partial charge in [0, 0.05) is 4.47 Å². The lowest BCUT2D eigenvalue weighted by Gasteiger charge is -2.03. The third kappa shape index (κ3) is 2.99. The van der Waals surface area contributed by atoms with Crippen LogP contribution in [0, 0.1) is 13.8 Å². The molecule has 0 spiro atoms. The average Bonchev–Trinajstić information content (AvgIpc) is 2.82. The first-order chi connectivity index (χ1) is 10.6. The number of rotatable bonds is 3. The van der Waals surface area contributed by atoms with Crippen LogP contribution in [0.25, 0.3) is 5.69 Å². The van der Waals surface area contributed by atoms with Gasteiger partial charge in [0.15, 0.2) is 0 Å². The van der Waals surface area contributed by atoms with E-state index >= 15 is 0 Å². The Kier molecular flexibility index (Phi) is 4.15. The summed E-state index contributed by atoms with van der Waals surface area (Å²) in [5, 5.41) is 13.2. The number of hydrogen-bond acceptors (Lipinski definition) is 3. The zero-order chi connectivity index (χ0) is 15.5. The summed E-state index contributed by atoms with van der Waals surface area (Å²) in [4.78, 5) is 0. The number of aryl methyl sites for hydroxylation is 1. The van der Waals surface area contributed by atoms with Crippen molar-refractivity contribution in [2.24, 2.45) is 10.2 Å². The van der Waals surface area contributed by atoms with Crippen LogP contribution in [0.3, 0.4) is 0 Å². The van der Waals surface area contributed by atoms with Gasteiger partial charge in [-0.3, -0.25) is 0 Å².